The molecule has 1 aromatic rings. The summed E-state index contributed by atoms with van der Waals surface area (Å²) in [6.45, 7) is 2.44. The van der Waals surface area contributed by atoms with Gasteiger partial charge in [0.05, 0.1) is 18.6 Å². The molecule has 1 fully saturated rings. The summed E-state index contributed by atoms with van der Waals surface area (Å²) in [5.41, 5.74) is 0.845. The van der Waals surface area contributed by atoms with E-state index in [0.29, 0.717) is 19.0 Å². The molecule has 1 heterocycles. The minimum Gasteiger partial charge on any atom is -0.389 e. The first kappa shape index (κ1) is 11.9. The average Bonchev–Trinajstić information content (AvgIpc) is 3.14. The third kappa shape index (κ3) is 2.75. The molecule has 1 aliphatic carbocycles. The Bertz CT molecular complexity index is 421. The van der Waals surface area contributed by atoms with Gasteiger partial charge in [-0.3, -0.25) is 0 Å². The van der Waals surface area contributed by atoms with Gasteiger partial charge in [0.1, 0.15) is 5.82 Å². The lowest BCUT2D eigenvalue weighted by Crippen LogP contribution is -2.29. The van der Waals surface area contributed by atoms with Gasteiger partial charge in [-0.2, -0.15) is 5.26 Å². The van der Waals surface area contributed by atoms with Crippen LogP contribution >= 0.6 is 0 Å². The first-order chi connectivity index (χ1) is 8.24. The number of pyridine rings is 1. The topological polar surface area (TPSA) is 60.2 Å². The van der Waals surface area contributed by atoms with Gasteiger partial charge < -0.3 is 10.0 Å². The highest BCUT2D eigenvalue weighted by molar-refractivity contribution is 5.49. The van der Waals surface area contributed by atoms with Crippen LogP contribution in [0.4, 0.5) is 5.82 Å². The Hall–Kier alpha value is -1.60. The molecule has 90 valence electrons. The second-order valence-corrected chi connectivity index (χ2v) is 4.42. The number of aromatic nitrogens is 1. The molecule has 1 atom stereocenters. The Balaban J connectivity index is 2.25. The minimum atomic E-state index is -0.526. The van der Waals surface area contributed by atoms with E-state index >= 15 is 0 Å². The third-order valence-electron chi connectivity index (χ3n) is 2.99. The number of nitriles is 1. The lowest BCUT2D eigenvalue weighted by atomic mass is 10.1. The van der Waals surface area contributed by atoms with Gasteiger partial charge in [0.25, 0.3) is 0 Å². The van der Waals surface area contributed by atoms with Crippen molar-refractivity contribution in [2.45, 2.75) is 38.3 Å². The van der Waals surface area contributed by atoms with E-state index in [9.17, 15) is 5.11 Å². The summed E-state index contributed by atoms with van der Waals surface area (Å²) in [4.78, 5) is 6.53. The average molecular weight is 231 g/mol. The summed E-state index contributed by atoms with van der Waals surface area (Å²) >= 11 is 0. The van der Waals surface area contributed by atoms with Crippen molar-refractivity contribution in [2.75, 3.05) is 11.4 Å². The Kier molecular flexibility index (Phi) is 3.60. The van der Waals surface area contributed by atoms with E-state index in [2.05, 4.69) is 16.0 Å². The number of rotatable bonds is 5. The summed E-state index contributed by atoms with van der Waals surface area (Å²) in [5.74, 6) is 0.834. The van der Waals surface area contributed by atoms with Gasteiger partial charge in [-0.25, -0.2) is 4.98 Å². The molecule has 17 heavy (non-hydrogen) atoms. The van der Waals surface area contributed by atoms with Gasteiger partial charge in [-0.1, -0.05) is 6.07 Å². The van der Waals surface area contributed by atoms with Gasteiger partial charge in [-0.05, 0) is 25.8 Å². The smallest absolute Gasteiger partial charge is 0.134 e. The van der Waals surface area contributed by atoms with Gasteiger partial charge >= 0.3 is 0 Å². The molecular weight excluding hydrogens is 214 g/mol. The highest BCUT2D eigenvalue weighted by atomic mass is 16.3. The summed E-state index contributed by atoms with van der Waals surface area (Å²) in [5, 5.41) is 18.4. The Morgan fingerprint density at radius 3 is 3.00 bits per heavy atom. The van der Waals surface area contributed by atoms with Crippen molar-refractivity contribution in [3.05, 3.63) is 23.9 Å². The van der Waals surface area contributed by atoms with Crippen LogP contribution in [0, 0.1) is 11.3 Å². The zero-order valence-corrected chi connectivity index (χ0v) is 10.0. The Labute approximate surface area is 102 Å². The van der Waals surface area contributed by atoms with Crippen LogP contribution in [-0.4, -0.2) is 22.7 Å². The molecular formula is C13H17N3O. The van der Waals surface area contributed by atoms with Crippen molar-refractivity contribution >= 4 is 5.82 Å². The van der Waals surface area contributed by atoms with E-state index in [-0.39, 0.29) is 0 Å². The van der Waals surface area contributed by atoms with Crippen LogP contribution in [-0.2, 0) is 0 Å². The van der Waals surface area contributed by atoms with Crippen molar-refractivity contribution in [1.82, 2.24) is 4.98 Å². The second-order valence-electron chi connectivity index (χ2n) is 4.42. The molecule has 0 bridgehead atoms. The number of aliphatic hydroxyl groups is 1. The molecule has 2 rings (SSSR count). The number of hydrogen-bond donors (Lipinski definition) is 1. The maximum Gasteiger partial charge on any atom is 0.134 e. The Morgan fingerprint density at radius 2 is 2.41 bits per heavy atom. The van der Waals surface area contributed by atoms with E-state index in [1.165, 1.54) is 0 Å². The van der Waals surface area contributed by atoms with Crippen LogP contribution in [0.3, 0.4) is 0 Å². The SMILES string of the molecule is C[C@H](O)c1cccnc1N(CCC#N)C1CC1. The van der Waals surface area contributed by atoms with Crippen LogP contribution in [0.2, 0.25) is 0 Å². The van der Waals surface area contributed by atoms with Gasteiger partial charge in [0.2, 0.25) is 0 Å². The van der Waals surface area contributed by atoms with E-state index in [4.69, 9.17) is 5.26 Å². The first-order valence-electron chi connectivity index (χ1n) is 6.00. The van der Waals surface area contributed by atoms with Crippen molar-refractivity contribution in [3.8, 4) is 6.07 Å². The molecule has 4 heteroatoms. The second kappa shape index (κ2) is 5.15. The molecule has 0 aliphatic heterocycles. The van der Waals surface area contributed by atoms with Crippen molar-refractivity contribution < 1.29 is 5.11 Å². The molecule has 0 amide bonds. The molecule has 0 radical (unpaired) electrons. The lowest BCUT2D eigenvalue weighted by molar-refractivity contribution is 0.199. The van der Waals surface area contributed by atoms with Crippen LogP contribution in [0.5, 0.6) is 0 Å². The summed E-state index contributed by atoms with van der Waals surface area (Å²) < 4.78 is 0. The normalized spacial score (nSPS) is 16.3. The summed E-state index contributed by atoms with van der Waals surface area (Å²) in [7, 11) is 0. The highest BCUT2D eigenvalue weighted by Crippen LogP contribution is 2.34. The zero-order chi connectivity index (χ0) is 12.3. The molecule has 4 nitrogen and oxygen atoms in total. The van der Waals surface area contributed by atoms with Gasteiger partial charge in [0.15, 0.2) is 0 Å². The molecule has 1 saturated carbocycles. The quantitative estimate of drug-likeness (QED) is 0.842. The molecule has 1 aromatic heterocycles. The molecule has 0 spiro atoms. The zero-order valence-electron chi connectivity index (χ0n) is 10.0. The van der Waals surface area contributed by atoms with Crippen molar-refractivity contribution in [2.24, 2.45) is 0 Å². The number of anilines is 1. The maximum atomic E-state index is 9.75. The van der Waals surface area contributed by atoms with Gasteiger partial charge in [-0.15, -0.1) is 0 Å². The Morgan fingerprint density at radius 1 is 1.65 bits per heavy atom. The fourth-order valence-corrected chi connectivity index (χ4v) is 1.99. The predicted molar refractivity (Wildman–Crippen MR) is 65.5 cm³/mol. The maximum absolute atomic E-state index is 9.75. The number of nitrogens with zero attached hydrogens (tertiary/aromatic N) is 3. The monoisotopic (exact) mass is 231 g/mol. The van der Waals surface area contributed by atoms with Crippen LogP contribution in [0.1, 0.15) is 37.9 Å². The summed E-state index contributed by atoms with van der Waals surface area (Å²) in [6, 6.07) is 6.40. The van der Waals surface area contributed by atoms with E-state index in [1.807, 2.05) is 12.1 Å². The van der Waals surface area contributed by atoms with Crippen molar-refractivity contribution in [3.63, 3.8) is 0 Å². The van der Waals surface area contributed by atoms with Gasteiger partial charge in [0, 0.05) is 24.3 Å². The number of hydrogen-bond acceptors (Lipinski definition) is 4. The third-order valence-corrected chi connectivity index (χ3v) is 2.99. The van der Waals surface area contributed by atoms with E-state index < -0.39 is 6.10 Å². The predicted octanol–water partition coefficient (Wildman–Crippen LogP) is 2.02. The van der Waals surface area contributed by atoms with Crippen LogP contribution < -0.4 is 4.90 Å². The standard InChI is InChI=1S/C13H17N3O/c1-10(17)12-4-2-8-15-13(12)16(9-3-7-14)11-5-6-11/h2,4,8,10-11,17H,3,5-6,9H2,1H3/t10-/m0/s1. The minimum absolute atomic E-state index is 0.492. The molecule has 1 N–H and O–H groups in total. The van der Waals surface area contributed by atoms with E-state index in [0.717, 1.165) is 24.2 Å². The van der Waals surface area contributed by atoms with Crippen LogP contribution in [0.15, 0.2) is 18.3 Å². The largest absolute Gasteiger partial charge is 0.389 e. The molecule has 0 unspecified atom stereocenters. The lowest BCUT2D eigenvalue weighted by Gasteiger charge is -2.25. The van der Waals surface area contributed by atoms with Crippen LogP contribution in [0.25, 0.3) is 0 Å². The summed E-state index contributed by atoms with van der Waals surface area (Å²) in [6.07, 6.45) is 4.01. The molecule has 0 saturated heterocycles. The van der Waals surface area contributed by atoms with E-state index in [1.54, 1.807) is 13.1 Å². The molecule has 0 aromatic carbocycles. The molecule has 1 aliphatic rings. The first-order valence-corrected chi connectivity index (χ1v) is 6.00. The fourth-order valence-electron chi connectivity index (χ4n) is 1.99. The fraction of sp³-hybridized carbons (Fsp3) is 0.538. The number of aliphatic hydroxyl groups excluding tert-OH is 1. The highest BCUT2D eigenvalue weighted by Gasteiger charge is 2.31. The van der Waals surface area contributed by atoms with Crippen molar-refractivity contribution in [1.29, 1.82) is 5.26 Å².